The van der Waals surface area contributed by atoms with Crippen LogP contribution in [0.4, 0.5) is 24.5 Å². The number of benzene rings is 1. The van der Waals surface area contributed by atoms with Crippen LogP contribution in [0.2, 0.25) is 0 Å². The minimum Gasteiger partial charge on any atom is -0.494 e. The Morgan fingerprint density at radius 1 is 1.15 bits per heavy atom. The van der Waals surface area contributed by atoms with Gasteiger partial charge in [0.25, 0.3) is 0 Å². The Labute approximate surface area is 171 Å². The third-order valence-electron chi connectivity index (χ3n) is 4.36. The summed E-state index contributed by atoms with van der Waals surface area (Å²) in [6.07, 6.45) is -3.49. The van der Waals surface area contributed by atoms with Gasteiger partial charge in [-0.05, 0) is 25.0 Å². The second-order valence-electron chi connectivity index (χ2n) is 6.43. The Balaban J connectivity index is 2.50. The van der Waals surface area contributed by atoms with E-state index in [2.05, 4.69) is 5.32 Å². The van der Waals surface area contributed by atoms with E-state index in [4.69, 9.17) is 39.5 Å². The third kappa shape index (κ3) is 6.38. The molecule has 0 aromatic heterocycles. The predicted octanol–water partition coefficient (Wildman–Crippen LogP) is 5.45. The van der Waals surface area contributed by atoms with Gasteiger partial charge >= 0.3 is 6.18 Å². The van der Waals surface area contributed by atoms with E-state index < -0.39 is 16.1 Å². The van der Waals surface area contributed by atoms with Gasteiger partial charge in [-0.3, -0.25) is 0 Å². The number of anilines is 2. The van der Waals surface area contributed by atoms with Crippen LogP contribution in [0.15, 0.2) is 12.1 Å². The predicted molar refractivity (Wildman–Crippen MR) is 103 cm³/mol. The molecule has 2 rings (SSSR count). The number of ether oxygens (including phenoxy) is 1. The summed E-state index contributed by atoms with van der Waals surface area (Å²) in [6, 6.07) is 2.98. The summed E-state index contributed by atoms with van der Waals surface area (Å²) in [6.45, 7) is 1.30. The van der Waals surface area contributed by atoms with Crippen LogP contribution in [0.3, 0.4) is 0 Å². The maximum Gasteiger partial charge on any atom is 0.418 e. The maximum absolute atomic E-state index is 13.2. The highest BCUT2D eigenvalue weighted by Gasteiger charge is 2.42. The number of aliphatic hydroxyl groups excluding tert-OH is 1. The highest BCUT2D eigenvalue weighted by Crippen LogP contribution is 2.43. The first-order chi connectivity index (χ1) is 12.5. The molecule has 0 aliphatic carbocycles. The van der Waals surface area contributed by atoms with E-state index in [1.807, 2.05) is 4.90 Å². The molecule has 1 heterocycles. The number of nitrogens with zero attached hydrogens (tertiary/aromatic N) is 1. The molecule has 0 radical (unpaired) electrons. The summed E-state index contributed by atoms with van der Waals surface area (Å²) in [7, 11) is 1.23. The molecule has 10 heteroatoms. The first kappa shape index (κ1) is 22.5. The van der Waals surface area contributed by atoms with Crippen molar-refractivity contribution in [3.8, 4) is 5.75 Å². The SMILES string of the molecule is COc1c(NCC(Cl)(Cl)Cl)cc(N2CCCCCC2)cc1C(O)C(F)(F)F. The zero-order valence-corrected chi connectivity index (χ0v) is 17.0. The molecular formula is C17H22Cl3F3N2O2. The Morgan fingerprint density at radius 3 is 2.22 bits per heavy atom. The molecule has 1 atom stereocenters. The van der Waals surface area contributed by atoms with Gasteiger partial charge in [0, 0.05) is 24.3 Å². The average molecular weight is 450 g/mol. The summed E-state index contributed by atoms with van der Waals surface area (Å²) in [4.78, 5) is 2.00. The maximum atomic E-state index is 13.2. The lowest BCUT2D eigenvalue weighted by Crippen LogP contribution is -2.26. The molecule has 4 nitrogen and oxygen atoms in total. The fraction of sp³-hybridized carbons (Fsp3) is 0.647. The number of halogens is 6. The van der Waals surface area contributed by atoms with E-state index in [1.54, 1.807) is 6.07 Å². The van der Waals surface area contributed by atoms with E-state index in [-0.39, 0.29) is 23.5 Å². The molecule has 1 saturated heterocycles. The van der Waals surface area contributed by atoms with Crippen molar-refractivity contribution in [1.29, 1.82) is 0 Å². The number of alkyl halides is 6. The molecule has 27 heavy (non-hydrogen) atoms. The summed E-state index contributed by atoms with van der Waals surface area (Å²) < 4.78 is 43.1. The van der Waals surface area contributed by atoms with Crippen molar-refractivity contribution in [3.63, 3.8) is 0 Å². The van der Waals surface area contributed by atoms with E-state index in [0.29, 0.717) is 5.69 Å². The Bertz CT molecular complexity index is 631. The molecule has 154 valence electrons. The molecule has 0 spiro atoms. The van der Waals surface area contributed by atoms with E-state index >= 15 is 0 Å². The Morgan fingerprint density at radius 2 is 1.74 bits per heavy atom. The summed E-state index contributed by atoms with van der Waals surface area (Å²) in [5.41, 5.74) is 0.408. The molecule has 0 bridgehead atoms. The minimum atomic E-state index is -4.84. The molecule has 1 aliphatic heterocycles. The lowest BCUT2D eigenvalue weighted by molar-refractivity contribution is -0.207. The Kier molecular flexibility index (Phi) is 7.64. The van der Waals surface area contributed by atoms with Crippen molar-refractivity contribution in [1.82, 2.24) is 0 Å². The van der Waals surface area contributed by atoms with Crippen molar-refractivity contribution >= 4 is 46.2 Å². The minimum absolute atomic E-state index is 0.132. The van der Waals surface area contributed by atoms with Crippen molar-refractivity contribution in [2.75, 3.05) is 37.0 Å². The largest absolute Gasteiger partial charge is 0.494 e. The number of rotatable bonds is 5. The zero-order chi connectivity index (χ0) is 20.2. The van der Waals surface area contributed by atoms with Gasteiger partial charge in [-0.15, -0.1) is 0 Å². The molecule has 1 unspecified atom stereocenters. The van der Waals surface area contributed by atoms with E-state index in [9.17, 15) is 18.3 Å². The van der Waals surface area contributed by atoms with Crippen LogP contribution in [0, 0.1) is 0 Å². The molecule has 0 amide bonds. The molecule has 1 aromatic carbocycles. The molecule has 1 fully saturated rings. The van der Waals surface area contributed by atoms with Crippen molar-refractivity contribution in [2.45, 2.75) is 41.8 Å². The molecular weight excluding hydrogens is 428 g/mol. The van der Waals surface area contributed by atoms with Gasteiger partial charge in [-0.2, -0.15) is 13.2 Å². The third-order valence-corrected chi connectivity index (χ3v) is 4.76. The van der Waals surface area contributed by atoms with Gasteiger partial charge < -0.3 is 20.1 Å². The monoisotopic (exact) mass is 448 g/mol. The quantitative estimate of drug-likeness (QED) is 0.587. The number of hydrogen-bond acceptors (Lipinski definition) is 4. The standard InChI is InChI=1S/C17H22Cl3F3N2O2/c1-27-14-12(15(26)17(21,22)23)8-11(25-6-4-2-3-5-7-25)9-13(14)24-10-16(18,19)20/h8-9,15,24,26H,2-7,10H2,1H3. The van der Waals surface area contributed by atoms with Gasteiger partial charge in [0.1, 0.15) is 5.75 Å². The van der Waals surface area contributed by atoms with Gasteiger partial charge in [-0.1, -0.05) is 47.6 Å². The average Bonchev–Trinajstić information content (AvgIpc) is 2.86. The van der Waals surface area contributed by atoms with Crippen LogP contribution in [0.1, 0.15) is 37.4 Å². The van der Waals surface area contributed by atoms with Crippen LogP contribution in [0.5, 0.6) is 5.75 Å². The summed E-state index contributed by atoms with van der Waals surface area (Å²) >= 11 is 17.3. The molecule has 1 aromatic rings. The van der Waals surface area contributed by atoms with Crippen LogP contribution >= 0.6 is 34.8 Å². The van der Waals surface area contributed by atoms with E-state index in [0.717, 1.165) is 38.8 Å². The van der Waals surface area contributed by atoms with Crippen molar-refractivity contribution < 1.29 is 23.0 Å². The van der Waals surface area contributed by atoms with Gasteiger partial charge in [-0.25, -0.2) is 0 Å². The topological polar surface area (TPSA) is 44.7 Å². The second-order valence-corrected chi connectivity index (χ2v) is 8.95. The van der Waals surface area contributed by atoms with E-state index in [1.165, 1.54) is 13.2 Å². The highest BCUT2D eigenvalue weighted by atomic mass is 35.6. The molecule has 1 aliphatic rings. The van der Waals surface area contributed by atoms with Crippen LogP contribution in [-0.2, 0) is 0 Å². The highest BCUT2D eigenvalue weighted by molar-refractivity contribution is 6.67. The fourth-order valence-electron chi connectivity index (χ4n) is 3.08. The molecule has 2 N–H and O–H groups in total. The number of methoxy groups -OCH3 is 1. The zero-order valence-electron chi connectivity index (χ0n) is 14.8. The molecule has 0 saturated carbocycles. The number of nitrogens with one attached hydrogen (secondary N) is 1. The normalized spacial score (nSPS) is 17.4. The van der Waals surface area contributed by atoms with Gasteiger partial charge in [0.2, 0.25) is 3.79 Å². The first-order valence-corrected chi connectivity index (χ1v) is 9.68. The lowest BCUT2D eigenvalue weighted by Gasteiger charge is -2.28. The number of aliphatic hydroxyl groups is 1. The summed E-state index contributed by atoms with van der Waals surface area (Å²) in [5, 5.41) is 12.7. The number of hydrogen-bond donors (Lipinski definition) is 2. The summed E-state index contributed by atoms with van der Waals surface area (Å²) in [5.74, 6) is -0.132. The van der Waals surface area contributed by atoms with Gasteiger partial charge in [0.15, 0.2) is 6.10 Å². The van der Waals surface area contributed by atoms with Crippen molar-refractivity contribution in [2.24, 2.45) is 0 Å². The van der Waals surface area contributed by atoms with Crippen LogP contribution in [-0.4, -0.2) is 41.8 Å². The van der Waals surface area contributed by atoms with Gasteiger partial charge in [0.05, 0.1) is 19.3 Å². The van der Waals surface area contributed by atoms with Crippen LogP contribution in [0.25, 0.3) is 0 Å². The second kappa shape index (κ2) is 9.16. The Hall–Kier alpha value is -0.760. The lowest BCUT2D eigenvalue weighted by atomic mass is 10.0. The van der Waals surface area contributed by atoms with Crippen molar-refractivity contribution in [3.05, 3.63) is 17.7 Å². The first-order valence-electron chi connectivity index (χ1n) is 8.55. The smallest absolute Gasteiger partial charge is 0.418 e. The fourth-order valence-corrected chi connectivity index (χ4v) is 3.28. The van der Waals surface area contributed by atoms with Crippen LogP contribution < -0.4 is 15.0 Å².